The Kier molecular flexibility index (Phi) is 7.64. The molecule has 3 rings (SSSR count). The van der Waals surface area contributed by atoms with Crippen LogP contribution in [0.2, 0.25) is 0 Å². The van der Waals surface area contributed by atoms with Gasteiger partial charge in [0.1, 0.15) is 17.4 Å². The monoisotopic (exact) mass is 431 g/mol. The average molecular weight is 431 g/mol. The lowest BCUT2D eigenvalue weighted by atomic mass is 10.2. The molecule has 2 aromatic carbocycles. The van der Waals surface area contributed by atoms with E-state index in [4.69, 9.17) is 4.74 Å². The number of guanidine groups is 1. The highest BCUT2D eigenvalue weighted by Crippen LogP contribution is 2.24. The Balaban J connectivity index is 1.42. The van der Waals surface area contributed by atoms with E-state index in [2.05, 4.69) is 20.9 Å². The molecule has 1 aliphatic rings. The highest BCUT2D eigenvalue weighted by atomic mass is 19.1. The number of benzene rings is 2. The maximum atomic E-state index is 14.0. The number of halogens is 2. The summed E-state index contributed by atoms with van der Waals surface area (Å²) in [6.07, 6.45) is 0.796. The number of methoxy groups -OCH3 is 1. The van der Waals surface area contributed by atoms with Gasteiger partial charge in [-0.1, -0.05) is 6.07 Å². The van der Waals surface area contributed by atoms with Gasteiger partial charge in [-0.3, -0.25) is 9.79 Å². The lowest BCUT2D eigenvalue weighted by molar-refractivity contribution is 0.0954. The third-order valence-electron chi connectivity index (χ3n) is 5.04. The van der Waals surface area contributed by atoms with Crippen LogP contribution in [0.5, 0.6) is 5.75 Å². The number of anilines is 1. The average Bonchev–Trinajstić information content (AvgIpc) is 3.23. The molecule has 1 heterocycles. The van der Waals surface area contributed by atoms with E-state index in [1.165, 1.54) is 12.1 Å². The summed E-state index contributed by atoms with van der Waals surface area (Å²) >= 11 is 0. The number of rotatable bonds is 7. The third kappa shape index (κ3) is 6.07. The standard InChI is InChI=1S/C22H27F2N5O2/c1-25-22(27-10-9-26-21(30)15-4-3-5-18(12-15)31-2)28-17-8-11-29(14-17)20-7-6-16(23)13-19(20)24/h3-7,12-13,17H,8-11,14H2,1-2H3,(H,26,30)(H2,25,27,28). The van der Waals surface area contributed by atoms with Crippen molar-refractivity contribution in [3.63, 3.8) is 0 Å². The second kappa shape index (κ2) is 10.6. The molecule has 1 fully saturated rings. The van der Waals surface area contributed by atoms with Crippen LogP contribution in [0, 0.1) is 11.6 Å². The number of hydrogen-bond acceptors (Lipinski definition) is 4. The van der Waals surface area contributed by atoms with Gasteiger partial charge in [0.05, 0.1) is 12.8 Å². The summed E-state index contributed by atoms with van der Waals surface area (Å²) in [6, 6.07) is 10.6. The van der Waals surface area contributed by atoms with E-state index in [1.54, 1.807) is 38.4 Å². The predicted molar refractivity (Wildman–Crippen MR) is 117 cm³/mol. The van der Waals surface area contributed by atoms with Gasteiger partial charge >= 0.3 is 0 Å². The maximum absolute atomic E-state index is 14.0. The minimum absolute atomic E-state index is 0.0713. The first kappa shape index (κ1) is 22.3. The Bertz CT molecular complexity index is 938. The predicted octanol–water partition coefficient (Wildman–Crippen LogP) is 2.15. The van der Waals surface area contributed by atoms with E-state index in [9.17, 15) is 13.6 Å². The SMILES string of the molecule is CN=C(NCCNC(=O)c1cccc(OC)c1)NC1CCN(c2ccc(F)cc2F)C1. The Morgan fingerprint density at radius 2 is 2.00 bits per heavy atom. The van der Waals surface area contributed by atoms with E-state index in [-0.39, 0.29) is 11.9 Å². The molecule has 166 valence electrons. The van der Waals surface area contributed by atoms with Crippen molar-refractivity contribution in [1.29, 1.82) is 0 Å². The fraction of sp³-hybridized carbons (Fsp3) is 0.364. The van der Waals surface area contributed by atoms with Gasteiger partial charge in [-0.25, -0.2) is 8.78 Å². The maximum Gasteiger partial charge on any atom is 0.251 e. The van der Waals surface area contributed by atoms with Crippen LogP contribution in [0.4, 0.5) is 14.5 Å². The molecule has 31 heavy (non-hydrogen) atoms. The third-order valence-corrected chi connectivity index (χ3v) is 5.04. The zero-order valence-corrected chi connectivity index (χ0v) is 17.6. The van der Waals surface area contributed by atoms with Gasteiger partial charge in [0.2, 0.25) is 0 Å². The van der Waals surface area contributed by atoms with Crippen molar-refractivity contribution >= 4 is 17.6 Å². The Morgan fingerprint density at radius 1 is 1.19 bits per heavy atom. The highest BCUT2D eigenvalue weighted by molar-refractivity contribution is 5.94. The first-order chi connectivity index (χ1) is 15.0. The van der Waals surface area contributed by atoms with E-state index in [0.717, 1.165) is 12.5 Å². The largest absolute Gasteiger partial charge is 0.497 e. The summed E-state index contributed by atoms with van der Waals surface area (Å²) < 4.78 is 32.3. The molecule has 3 N–H and O–H groups in total. The van der Waals surface area contributed by atoms with Crippen molar-refractivity contribution in [3.05, 3.63) is 59.7 Å². The molecule has 0 aliphatic carbocycles. The Labute approximate surface area is 180 Å². The van der Waals surface area contributed by atoms with Crippen LogP contribution < -0.4 is 25.6 Å². The number of aliphatic imine (C=N–C) groups is 1. The first-order valence-corrected chi connectivity index (χ1v) is 10.1. The molecule has 9 heteroatoms. The fourth-order valence-electron chi connectivity index (χ4n) is 3.45. The Hall–Kier alpha value is -3.36. The smallest absolute Gasteiger partial charge is 0.251 e. The van der Waals surface area contributed by atoms with Gasteiger partial charge in [-0.15, -0.1) is 0 Å². The van der Waals surface area contributed by atoms with Crippen LogP contribution in [0.1, 0.15) is 16.8 Å². The van der Waals surface area contributed by atoms with E-state index >= 15 is 0 Å². The van der Waals surface area contributed by atoms with E-state index in [0.29, 0.717) is 49.1 Å². The first-order valence-electron chi connectivity index (χ1n) is 10.1. The molecule has 0 spiro atoms. The minimum atomic E-state index is -0.585. The Morgan fingerprint density at radius 3 is 2.74 bits per heavy atom. The summed E-state index contributed by atoms with van der Waals surface area (Å²) in [5, 5.41) is 9.30. The van der Waals surface area contributed by atoms with Gasteiger partial charge in [0.15, 0.2) is 5.96 Å². The molecule has 1 amide bonds. The molecule has 0 saturated carbocycles. The lowest BCUT2D eigenvalue weighted by Crippen LogP contribution is -2.46. The minimum Gasteiger partial charge on any atom is -0.497 e. The van der Waals surface area contributed by atoms with E-state index in [1.807, 2.05) is 4.90 Å². The molecule has 2 aromatic rings. The van der Waals surface area contributed by atoms with Crippen molar-refractivity contribution in [1.82, 2.24) is 16.0 Å². The zero-order chi connectivity index (χ0) is 22.2. The summed E-state index contributed by atoms with van der Waals surface area (Å²) in [6.45, 7) is 2.14. The van der Waals surface area contributed by atoms with E-state index < -0.39 is 11.6 Å². The van der Waals surface area contributed by atoms with Crippen molar-refractivity contribution in [2.24, 2.45) is 4.99 Å². The van der Waals surface area contributed by atoms with Crippen LogP contribution in [-0.2, 0) is 0 Å². The number of carbonyl (C=O) groups is 1. The number of hydrogen-bond donors (Lipinski definition) is 3. The van der Waals surface area contributed by atoms with Gasteiger partial charge in [0, 0.05) is 50.9 Å². The molecular formula is C22H27F2N5O2. The summed E-state index contributed by atoms with van der Waals surface area (Å²) in [7, 11) is 3.22. The molecule has 0 radical (unpaired) electrons. The van der Waals surface area contributed by atoms with Gasteiger partial charge < -0.3 is 25.6 Å². The normalized spacial score (nSPS) is 16.2. The molecule has 1 unspecified atom stereocenters. The molecular weight excluding hydrogens is 404 g/mol. The molecule has 0 aromatic heterocycles. The fourth-order valence-corrected chi connectivity index (χ4v) is 3.45. The molecule has 0 bridgehead atoms. The van der Waals surface area contributed by atoms with Gasteiger partial charge in [-0.05, 0) is 36.8 Å². The number of amides is 1. The second-order valence-corrected chi connectivity index (χ2v) is 7.16. The number of carbonyl (C=O) groups excluding carboxylic acids is 1. The molecule has 7 nitrogen and oxygen atoms in total. The summed E-state index contributed by atoms with van der Waals surface area (Å²) in [4.78, 5) is 18.3. The highest BCUT2D eigenvalue weighted by Gasteiger charge is 2.25. The molecule has 1 aliphatic heterocycles. The second-order valence-electron chi connectivity index (χ2n) is 7.16. The number of nitrogens with zero attached hydrogens (tertiary/aromatic N) is 2. The van der Waals surface area contributed by atoms with Crippen LogP contribution in [-0.4, -0.2) is 58.2 Å². The van der Waals surface area contributed by atoms with Gasteiger partial charge in [0.25, 0.3) is 5.91 Å². The molecule has 1 atom stereocenters. The van der Waals surface area contributed by atoms with Crippen molar-refractivity contribution in [3.8, 4) is 5.75 Å². The van der Waals surface area contributed by atoms with Gasteiger partial charge in [-0.2, -0.15) is 0 Å². The van der Waals surface area contributed by atoms with Crippen LogP contribution in [0.3, 0.4) is 0 Å². The van der Waals surface area contributed by atoms with Crippen molar-refractivity contribution < 1.29 is 18.3 Å². The van der Waals surface area contributed by atoms with Crippen LogP contribution >= 0.6 is 0 Å². The zero-order valence-electron chi connectivity index (χ0n) is 17.6. The van der Waals surface area contributed by atoms with Crippen molar-refractivity contribution in [2.75, 3.05) is 45.2 Å². The summed E-state index contributed by atoms with van der Waals surface area (Å²) in [5.41, 5.74) is 0.926. The summed E-state index contributed by atoms with van der Waals surface area (Å²) in [5.74, 6) is -0.104. The van der Waals surface area contributed by atoms with Crippen LogP contribution in [0.25, 0.3) is 0 Å². The lowest BCUT2D eigenvalue weighted by Gasteiger charge is -2.21. The number of ether oxygens (including phenoxy) is 1. The van der Waals surface area contributed by atoms with Crippen molar-refractivity contribution in [2.45, 2.75) is 12.5 Å². The topological polar surface area (TPSA) is 78.0 Å². The number of nitrogens with one attached hydrogen (secondary N) is 3. The quantitative estimate of drug-likeness (QED) is 0.356. The molecule has 1 saturated heterocycles. The van der Waals surface area contributed by atoms with Crippen LogP contribution in [0.15, 0.2) is 47.5 Å².